The molecule has 17 heavy (non-hydrogen) atoms. The summed E-state index contributed by atoms with van der Waals surface area (Å²) in [5, 5.41) is 6.06. The molecule has 0 unspecified atom stereocenters. The van der Waals surface area contributed by atoms with Crippen LogP contribution in [0.25, 0.3) is 0 Å². The van der Waals surface area contributed by atoms with Crippen molar-refractivity contribution in [1.29, 1.82) is 0 Å². The summed E-state index contributed by atoms with van der Waals surface area (Å²) in [6.45, 7) is 1.47. The monoisotopic (exact) mass is 230 g/mol. The normalized spacial score (nSPS) is 9.94. The molecule has 1 N–H and O–H groups in total. The molecule has 0 aliphatic carbocycles. The minimum atomic E-state index is -0.400. The fourth-order valence-corrected chi connectivity index (χ4v) is 1.34. The third-order valence-electron chi connectivity index (χ3n) is 2.19. The highest BCUT2D eigenvalue weighted by molar-refractivity contribution is 6.03. The van der Waals surface area contributed by atoms with Gasteiger partial charge in [-0.2, -0.15) is 0 Å². The maximum Gasteiger partial charge on any atom is 0.294 e. The Morgan fingerprint density at radius 2 is 2.12 bits per heavy atom. The van der Waals surface area contributed by atoms with Crippen molar-refractivity contribution in [3.63, 3.8) is 0 Å². The van der Waals surface area contributed by atoms with E-state index in [4.69, 9.17) is 4.52 Å². The average molecular weight is 230 g/mol. The third-order valence-corrected chi connectivity index (χ3v) is 2.19. The fraction of sp³-hybridized carbons (Fsp3) is 0.0833. The van der Waals surface area contributed by atoms with Gasteiger partial charge >= 0.3 is 0 Å². The predicted octanol–water partition coefficient (Wildman–Crippen LogP) is 2.13. The van der Waals surface area contributed by atoms with E-state index in [1.54, 1.807) is 24.3 Å². The second kappa shape index (κ2) is 4.61. The zero-order valence-corrected chi connectivity index (χ0v) is 9.14. The van der Waals surface area contributed by atoms with Crippen LogP contribution in [0.5, 0.6) is 0 Å². The summed E-state index contributed by atoms with van der Waals surface area (Å²) in [5.41, 5.74) is 1.08. The minimum Gasteiger partial charge on any atom is -0.351 e. The van der Waals surface area contributed by atoms with Crippen molar-refractivity contribution in [1.82, 2.24) is 5.16 Å². The Morgan fingerprint density at radius 1 is 1.29 bits per heavy atom. The van der Waals surface area contributed by atoms with Gasteiger partial charge < -0.3 is 9.84 Å². The molecule has 5 nitrogen and oxygen atoms in total. The Labute approximate surface area is 97.4 Å². The number of aromatic nitrogens is 1. The molecule has 0 radical (unpaired) electrons. The van der Waals surface area contributed by atoms with Crippen molar-refractivity contribution in [2.24, 2.45) is 0 Å². The molecule has 0 bridgehead atoms. The molecule has 0 fully saturated rings. The first-order chi connectivity index (χ1) is 8.16. The molecule has 0 spiro atoms. The second-order valence-electron chi connectivity index (χ2n) is 3.47. The van der Waals surface area contributed by atoms with E-state index in [2.05, 4.69) is 10.5 Å². The Balaban J connectivity index is 2.16. The third kappa shape index (κ3) is 2.57. The summed E-state index contributed by atoms with van der Waals surface area (Å²) in [4.78, 5) is 22.8. The highest BCUT2D eigenvalue weighted by Crippen LogP contribution is 2.12. The van der Waals surface area contributed by atoms with Crippen molar-refractivity contribution in [2.75, 3.05) is 5.32 Å². The van der Waals surface area contributed by atoms with Gasteiger partial charge in [0, 0.05) is 17.3 Å². The van der Waals surface area contributed by atoms with Gasteiger partial charge in [-0.25, -0.2) is 0 Å². The van der Waals surface area contributed by atoms with Crippen LogP contribution in [0.2, 0.25) is 0 Å². The van der Waals surface area contributed by atoms with E-state index in [1.165, 1.54) is 19.2 Å². The van der Waals surface area contributed by atoms with Gasteiger partial charge in [0.1, 0.15) is 0 Å². The van der Waals surface area contributed by atoms with Gasteiger partial charge in [-0.1, -0.05) is 17.3 Å². The first-order valence-electron chi connectivity index (χ1n) is 5.00. The van der Waals surface area contributed by atoms with Crippen LogP contribution in [0.4, 0.5) is 5.69 Å². The molecule has 0 atom stereocenters. The van der Waals surface area contributed by atoms with E-state index in [1.807, 2.05) is 0 Å². The quantitative estimate of drug-likeness (QED) is 0.820. The fourth-order valence-electron chi connectivity index (χ4n) is 1.34. The van der Waals surface area contributed by atoms with Gasteiger partial charge in [-0.05, 0) is 19.1 Å². The number of Topliss-reactive ketones (excluding diaryl/α,β-unsaturated/α-hetero) is 1. The van der Waals surface area contributed by atoms with Crippen molar-refractivity contribution >= 4 is 17.4 Å². The molecule has 86 valence electrons. The molecule has 5 heteroatoms. The number of carbonyl (C=O) groups is 2. The van der Waals surface area contributed by atoms with E-state index in [0.29, 0.717) is 11.3 Å². The Hall–Kier alpha value is -2.43. The van der Waals surface area contributed by atoms with E-state index in [9.17, 15) is 9.59 Å². The van der Waals surface area contributed by atoms with Gasteiger partial charge in [0.15, 0.2) is 5.78 Å². The minimum absolute atomic E-state index is 0.0548. The number of nitrogens with one attached hydrogen (secondary N) is 1. The van der Waals surface area contributed by atoms with Crippen LogP contribution in [0, 0.1) is 0 Å². The molecule has 1 aromatic carbocycles. The molecule has 1 heterocycles. The summed E-state index contributed by atoms with van der Waals surface area (Å²) < 4.78 is 4.72. The number of ketones is 1. The Morgan fingerprint density at radius 3 is 2.76 bits per heavy atom. The number of carbonyl (C=O) groups excluding carboxylic acids is 2. The SMILES string of the molecule is CC(=O)c1cccc(NC(=O)c2ccno2)c1. The number of nitrogens with zero attached hydrogens (tertiary/aromatic N) is 1. The molecule has 2 rings (SSSR count). The largest absolute Gasteiger partial charge is 0.351 e. The lowest BCUT2D eigenvalue weighted by Gasteiger charge is -2.03. The molecule has 0 aliphatic rings. The smallest absolute Gasteiger partial charge is 0.294 e. The lowest BCUT2D eigenvalue weighted by atomic mass is 10.1. The summed E-state index contributed by atoms with van der Waals surface area (Å²) in [6, 6.07) is 8.15. The number of amides is 1. The zero-order valence-electron chi connectivity index (χ0n) is 9.14. The van der Waals surface area contributed by atoms with Gasteiger partial charge in [-0.15, -0.1) is 0 Å². The van der Waals surface area contributed by atoms with Crippen LogP contribution in [0.1, 0.15) is 27.8 Å². The maximum absolute atomic E-state index is 11.6. The van der Waals surface area contributed by atoms with E-state index in [-0.39, 0.29) is 11.5 Å². The molecular formula is C12H10N2O3. The molecule has 0 saturated carbocycles. The van der Waals surface area contributed by atoms with Gasteiger partial charge in [0.05, 0.1) is 6.20 Å². The summed E-state index contributed by atoms with van der Waals surface area (Å²) in [5.74, 6) is -0.331. The van der Waals surface area contributed by atoms with Crippen LogP contribution in [0.15, 0.2) is 41.1 Å². The maximum atomic E-state index is 11.6. The molecule has 0 aliphatic heterocycles. The zero-order chi connectivity index (χ0) is 12.3. The van der Waals surface area contributed by atoms with Crippen molar-refractivity contribution in [3.05, 3.63) is 47.9 Å². The summed E-state index contributed by atoms with van der Waals surface area (Å²) in [7, 11) is 0. The molecule has 0 saturated heterocycles. The number of hydrogen-bond acceptors (Lipinski definition) is 4. The summed E-state index contributed by atoms with van der Waals surface area (Å²) >= 11 is 0. The van der Waals surface area contributed by atoms with Crippen molar-refractivity contribution in [3.8, 4) is 0 Å². The van der Waals surface area contributed by atoms with Crippen LogP contribution in [-0.2, 0) is 0 Å². The topological polar surface area (TPSA) is 72.2 Å². The Kier molecular flexibility index (Phi) is 3.00. The number of hydrogen-bond donors (Lipinski definition) is 1. The first-order valence-corrected chi connectivity index (χ1v) is 5.00. The molecule has 1 aromatic heterocycles. The van der Waals surface area contributed by atoms with Crippen molar-refractivity contribution < 1.29 is 14.1 Å². The van der Waals surface area contributed by atoms with E-state index < -0.39 is 5.91 Å². The lowest BCUT2D eigenvalue weighted by molar-refractivity contribution is 0.0984. The molecular weight excluding hydrogens is 220 g/mol. The standard InChI is InChI=1S/C12H10N2O3/c1-8(15)9-3-2-4-10(7-9)14-12(16)11-5-6-13-17-11/h2-7H,1H3,(H,14,16). The van der Waals surface area contributed by atoms with Crippen LogP contribution >= 0.6 is 0 Å². The number of anilines is 1. The van der Waals surface area contributed by atoms with Gasteiger partial charge in [-0.3, -0.25) is 9.59 Å². The van der Waals surface area contributed by atoms with Gasteiger partial charge in [0.2, 0.25) is 5.76 Å². The lowest BCUT2D eigenvalue weighted by Crippen LogP contribution is -2.11. The average Bonchev–Trinajstić information content (AvgIpc) is 2.82. The number of rotatable bonds is 3. The van der Waals surface area contributed by atoms with Crippen LogP contribution in [0.3, 0.4) is 0 Å². The number of benzene rings is 1. The highest BCUT2D eigenvalue weighted by Gasteiger charge is 2.10. The van der Waals surface area contributed by atoms with Gasteiger partial charge in [0.25, 0.3) is 5.91 Å². The molecule has 2 aromatic rings. The Bertz CT molecular complexity index is 547. The van der Waals surface area contributed by atoms with Crippen molar-refractivity contribution in [2.45, 2.75) is 6.92 Å². The second-order valence-corrected chi connectivity index (χ2v) is 3.47. The highest BCUT2D eigenvalue weighted by atomic mass is 16.5. The first kappa shape index (κ1) is 11.1. The van der Waals surface area contributed by atoms with E-state index >= 15 is 0 Å². The van der Waals surface area contributed by atoms with Crippen LogP contribution in [-0.4, -0.2) is 16.8 Å². The predicted molar refractivity (Wildman–Crippen MR) is 60.9 cm³/mol. The van der Waals surface area contributed by atoms with E-state index in [0.717, 1.165) is 0 Å². The molecule has 1 amide bonds. The summed E-state index contributed by atoms with van der Waals surface area (Å²) in [6.07, 6.45) is 1.39. The van der Waals surface area contributed by atoms with Crippen LogP contribution < -0.4 is 5.32 Å².